The average Bonchev–Trinajstić information content (AvgIpc) is 3.36. The number of thioether (sulfide) groups is 1. The van der Waals surface area contributed by atoms with E-state index in [4.69, 9.17) is 11.6 Å². The lowest BCUT2D eigenvalue weighted by Crippen LogP contribution is -2.28. The number of fused-ring (bicyclic) bond motifs is 2. The summed E-state index contributed by atoms with van der Waals surface area (Å²) in [5.41, 5.74) is 0.552. The molecule has 0 bridgehead atoms. The quantitative estimate of drug-likeness (QED) is 0.449. The van der Waals surface area contributed by atoms with E-state index in [1.165, 1.54) is 22.5 Å². The van der Waals surface area contributed by atoms with Crippen molar-refractivity contribution in [2.75, 3.05) is 11.1 Å². The van der Waals surface area contributed by atoms with Gasteiger partial charge in [-0.05, 0) is 36.4 Å². The number of benzene rings is 2. The Bertz CT molecular complexity index is 1420. The Balaban J connectivity index is 1.44. The van der Waals surface area contributed by atoms with Gasteiger partial charge < -0.3 is 5.32 Å². The van der Waals surface area contributed by atoms with Gasteiger partial charge in [0.05, 0.1) is 23.6 Å². The Labute approximate surface area is 189 Å². The SMILES string of the molecule is O=C(CC1CSc2nc3c(cnn3-c3ccc(Cl)cc3)c(=O)n21)Nc1cc(F)ccc1F. The molecule has 0 saturated heterocycles. The van der Waals surface area contributed by atoms with E-state index >= 15 is 0 Å². The van der Waals surface area contributed by atoms with E-state index in [0.717, 1.165) is 18.2 Å². The van der Waals surface area contributed by atoms with Crippen molar-refractivity contribution in [3.8, 4) is 5.69 Å². The van der Waals surface area contributed by atoms with Gasteiger partial charge in [-0.2, -0.15) is 5.10 Å². The Morgan fingerprint density at radius 1 is 1.22 bits per heavy atom. The maximum Gasteiger partial charge on any atom is 0.265 e. The van der Waals surface area contributed by atoms with E-state index in [2.05, 4.69) is 15.4 Å². The maximum atomic E-state index is 13.8. The predicted molar refractivity (Wildman–Crippen MR) is 118 cm³/mol. The first-order chi connectivity index (χ1) is 15.4. The van der Waals surface area contributed by atoms with E-state index in [1.807, 2.05) is 0 Å². The van der Waals surface area contributed by atoms with Crippen LogP contribution in [0.25, 0.3) is 16.7 Å². The molecule has 2 aromatic heterocycles. The number of carbonyl (C=O) groups is 1. The molecular weight excluding hydrogens is 460 g/mol. The summed E-state index contributed by atoms with van der Waals surface area (Å²) in [6.45, 7) is 0. The highest BCUT2D eigenvalue weighted by molar-refractivity contribution is 7.99. The average molecular weight is 474 g/mol. The van der Waals surface area contributed by atoms with Crippen molar-refractivity contribution in [2.45, 2.75) is 17.6 Å². The minimum Gasteiger partial charge on any atom is -0.323 e. The number of anilines is 1. The van der Waals surface area contributed by atoms with Gasteiger partial charge in [0, 0.05) is 23.3 Å². The third-order valence-corrected chi connectivity index (χ3v) is 6.41. The summed E-state index contributed by atoms with van der Waals surface area (Å²) in [4.78, 5) is 30.2. The molecule has 162 valence electrons. The van der Waals surface area contributed by atoms with Gasteiger partial charge in [0.25, 0.3) is 5.56 Å². The van der Waals surface area contributed by atoms with E-state index < -0.39 is 23.6 Å². The number of rotatable bonds is 4. The Morgan fingerprint density at radius 2 is 2.00 bits per heavy atom. The minimum absolute atomic E-state index is 0.0889. The van der Waals surface area contributed by atoms with Crippen LogP contribution < -0.4 is 10.9 Å². The summed E-state index contributed by atoms with van der Waals surface area (Å²) in [5.74, 6) is -1.49. The molecule has 11 heteroatoms. The molecule has 0 fully saturated rings. The zero-order valence-electron chi connectivity index (χ0n) is 16.3. The summed E-state index contributed by atoms with van der Waals surface area (Å²) in [6.07, 6.45) is 1.35. The summed E-state index contributed by atoms with van der Waals surface area (Å²) < 4.78 is 30.2. The van der Waals surface area contributed by atoms with Crippen LogP contribution >= 0.6 is 23.4 Å². The molecule has 4 aromatic rings. The summed E-state index contributed by atoms with van der Waals surface area (Å²) in [7, 11) is 0. The van der Waals surface area contributed by atoms with Gasteiger partial charge >= 0.3 is 0 Å². The second-order valence-corrected chi connectivity index (χ2v) is 8.60. The van der Waals surface area contributed by atoms with Gasteiger partial charge in [0.15, 0.2) is 10.8 Å². The fourth-order valence-electron chi connectivity index (χ4n) is 3.56. The summed E-state index contributed by atoms with van der Waals surface area (Å²) >= 11 is 7.29. The molecule has 0 radical (unpaired) electrons. The van der Waals surface area contributed by atoms with Gasteiger partial charge in [-0.3, -0.25) is 14.2 Å². The van der Waals surface area contributed by atoms with Crippen LogP contribution in [0.1, 0.15) is 12.5 Å². The smallest absolute Gasteiger partial charge is 0.265 e. The van der Waals surface area contributed by atoms with Crippen LogP contribution in [-0.2, 0) is 4.79 Å². The minimum atomic E-state index is -0.740. The normalized spacial score (nSPS) is 15.2. The van der Waals surface area contributed by atoms with E-state index in [1.54, 1.807) is 28.9 Å². The van der Waals surface area contributed by atoms with E-state index in [9.17, 15) is 18.4 Å². The number of nitrogens with zero attached hydrogens (tertiary/aromatic N) is 4. The van der Waals surface area contributed by atoms with Crippen LogP contribution in [0.4, 0.5) is 14.5 Å². The Morgan fingerprint density at radius 3 is 2.78 bits per heavy atom. The molecule has 5 rings (SSSR count). The summed E-state index contributed by atoms with van der Waals surface area (Å²) in [6, 6.07) is 9.32. The summed E-state index contributed by atoms with van der Waals surface area (Å²) in [5, 5.41) is 8.01. The van der Waals surface area contributed by atoms with Crippen LogP contribution in [0, 0.1) is 11.6 Å². The van der Waals surface area contributed by atoms with Gasteiger partial charge in [-0.15, -0.1) is 0 Å². The van der Waals surface area contributed by atoms with Crippen molar-refractivity contribution in [1.82, 2.24) is 19.3 Å². The fourth-order valence-corrected chi connectivity index (χ4v) is 4.82. The van der Waals surface area contributed by atoms with Crippen molar-refractivity contribution in [3.63, 3.8) is 0 Å². The molecule has 1 amide bonds. The van der Waals surface area contributed by atoms with E-state index in [0.29, 0.717) is 32.7 Å². The van der Waals surface area contributed by atoms with Crippen LogP contribution in [-0.4, -0.2) is 31.0 Å². The molecule has 7 nitrogen and oxygen atoms in total. The van der Waals surface area contributed by atoms with Gasteiger partial charge in [0.1, 0.15) is 17.0 Å². The third-order valence-electron chi connectivity index (χ3n) is 5.07. The molecule has 0 spiro atoms. The predicted octanol–water partition coefficient (Wildman–Crippen LogP) is 4.19. The standard InChI is InChI=1S/C21H14ClF2N5O2S/c22-11-1-4-13(5-2-11)29-19-15(9-25-29)20(31)28-14(10-32-21(28)27-19)8-18(30)26-17-7-12(23)3-6-16(17)24/h1-7,9,14H,8,10H2,(H,26,30). The highest BCUT2D eigenvalue weighted by Crippen LogP contribution is 2.33. The molecule has 3 heterocycles. The number of aromatic nitrogens is 4. The second kappa shape index (κ2) is 8.03. The van der Waals surface area contributed by atoms with Gasteiger partial charge in [0.2, 0.25) is 5.91 Å². The highest BCUT2D eigenvalue weighted by Gasteiger charge is 2.29. The van der Waals surface area contributed by atoms with Crippen molar-refractivity contribution < 1.29 is 13.6 Å². The van der Waals surface area contributed by atoms with Crippen LogP contribution in [0.2, 0.25) is 5.02 Å². The van der Waals surface area contributed by atoms with E-state index in [-0.39, 0.29) is 17.7 Å². The molecule has 32 heavy (non-hydrogen) atoms. The number of nitrogens with one attached hydrogen (secondary N) is 1. The lowest BCUT2D eigenvalue weighted by molar-refractivity contribution is -0.116. The number of hydrogen-bond acceptors (Lipinski definition) is 5. The first kappa shape index (κ1) is 20.7. The largest absolute Gasteiger partial charge is 0.323 e. The fraction of sp³-hybridized carbons (Fsp3) is 0.143. The lowest BCUT2D eigenvalue weighted by atomic mass is 10.2. The van der Waals surface area contributed by atoms with Crippen molar-refractivity contribution >= 4 is 46.0 Å². The number of hydrogen-bond donors (Lipinski definition) is 1. The third kappa shape index (κ3) is 3.65. The monoisotopic (exact) mass is 473 g/mol. The molecule has 0 aliphatic carbocycles. The number of carbonyl (C=O) groups excluding carboxylic acids is 1. The van der Waals surface area contributed by atoms with Crippen LogP contribution in [0.3, 0.4) is 0 Å². The lowest BCUT2D eigenvalue weighted by Gasteiger charge is -2.14. The Hall–Kier alpha value is -3.24. The second-order valence-electron chi connectivity index (χ2n) is 7.18. The molecule has 0 saturated carbocycles. The van der Waals surface area contributed by atoms with Crippen molar-refractivity contribution in [2.24, 2.45) is 0 Å². The molecule has 2 aromatic carbocycles. The zero-order chi connectivity index (χ0) is 22.4. The van der Waals surface area contributed by atoms with Crippen LogP contribution in [0.15, 0.2) is 58.6 Å². The zero-order valence-corrected chi connectivity index (χ0v) is 17.8. The molecule has 1 aliphatic heterocycles. The maximum absolute atomic E-state index is 13.8. The molecular formula is C21H14ClF2N5O2S. The highest BCUT2D eigenvalue weighted by atomic mass is 35.5. The first-order valence-electron chi connectivity index (χ1n) is 9.54. The topological polar surface area (TPSA) is 81.8 Å². The van der Waals surface area contributed by atoms with Gasteiger partial charge in [-0.25, -0.2) is 18.4 Å². The number of amides is 1. The van der Waals surface area contributed by atoms with Crippen LogP contribution in [0.5, 0.6) is 0 Å². The van der Waals surface area contributed by atoms with Crippen molar-refractivity contribution in [3.05, 3.63) is 75.7 Å². The molecule has 1 N–H and O–H groups in total. The molecule has 1 atom stereocenters. The first-order valence-corrected chi connectivity index (χ1v) is 10.9. The van der Waals surface area contributed by atoms with Crippen molar-refractivity contribution in [1.29, 1.82) is 0 Å². The molecule has 1 unspecified atom stereocenters. The number of halogens is 3. The molecule has 1 aliphatic rings. The Kier molecular flexibility index (Phi) is 5.18. The van der Waals surface area contributed by atoms with Gasteiger partial charge in [-0.1, -0.05) is 23.4 Å².